The lowest BCUT2D eigenvalue weighted by atomic mass is 9.96. The second-order valence-electron chi connectivity index (χ2n) is 6.22. The van der Waals surface area contributed by atoms with Crippen LogP contribution >= 0.6 is 0 Å². The lowest BCUT2D eigenvalue weighted by molar-refractivity contribution is 0.314. The van der Waals surface area contributed by atoms with Gasteiger partial charge < -0.3 is 0 Å². The zero-order valence-corrected chi connectivity index (χ0v) is 14.6. The highest BCUT2D eigenvalue weighted by atomic mass is 32.2. The highest BCUT2D eigenvalue weighted by Crippen LogP contribution is 2.27. The summed E-state index contributed by atoms with van der Waals surface area (Å²) in [6.45, 7) is 1.04. The molecule has 130 valence electrons. The standard InChI is InChI=1S/C16H18N6O2S/c1-25(23,24)21-6-2-4-12(11-21)13-8-19-14(9-18-13)15-10-20-16-17-5-3-7-22(15)16/h3,5,7-10,12H,2,4,6,11H2,1H3. The Labute approximate surface area is 145 Å². The molecule has 3 aromatic heterocycles. The molecule has 8 nitrogen and oxygen atoms in total. The summed E-state index contributed by atoms with van der Waals surface area (Å²) in [4.78, 5) is 17.5. The summed E-state index contributed by atoms with van der Waals surface area (Å²) in [7, 11) is -3.17. The van der Waals surface area contributed by atoms with Crippen LogP contribution in [0.25, 0.3) is 17.2 Å². The zero-order valence-electron chi connectivity index (χ0n) is 13.8. The minimum atomic E-state index is -3.17. The summed E-state index contributed by atoms with van der Waals surface area (Å²) in [6.07, 6.45) is 11.7. The summed E-state index contributed by atoms with van der Waals surface area (Å²) >= 11 is 0. The molecule has 1 atom stereocenters. The van der Waals surface area contributed by atoms with Gasteiger partial charge in [0.15, 0.2) is 0 Å². The van der Waals surface area contributed by atoms with Gasteiger partial charge >= 0.3 is 0 Å². The Morgan fingerprint density at radius 2 is 2.00 bits per heavy atom. The highest BCUT2D eigenvalue weighted by Gasteiger charge is 2.27. The molecule has 0 N–H and O–H groups in total. The Kier molecular flexibility index (Phi) is 3.97. The van der Waals surface area contributed by atoms with Crippen LogP contribution in [-0.2, 0) is 10.0 Å². The van der Waals surface area contributed by atoms with Crippen LogP contribution < -0.4 is 0 Å². The van der Waals surface area contributed by atoms with Crippen LogP contribution in [0, 0.1) is 0 Å². The van der Waals surface area contributed by atoms with E-state index in [2.05, 4.69) is 19.9 Å². The maximum absolute atomic E-state index is 11.8. The number of hydrogen-bond donors (Lipinski definition) is 0. The second kappa shape index (κ2) is 6.16. The van der Waals surface area contributed by atoms with Crippen molar-refractivity contribution >= 4 is 15.8 Å². The van der Waals surface area contributed by atoms with Crippen molar-refractivity contribution in [1.82, 2.24) is 28.6 Å². The van der Waals surface area contributed by atoms with E-state index in [1.165, 1.54) is 10.6 Å². The Morgan fingerprint density at radius 1 is 1.12 bits per heavy atom. The van der Waals surface area contributed by atoms with E-state index in [1.54, 1.807) is 24.8 Å². The van der Waals surface area contributed by atoms with Gasteiger partial charge in [0.2, 0.25) is 15.8 Å². The summed E-state index contributed by atoms with van der Waals surface area (Å²) < 4.78 is 26.9. The van der Waals surface area contributed by atoms with Gasteiger partial charge in [0.05, 0.1) is 30.0 Å². The average Bonchev–Trinajstić information content (AvgIpc) is 3.05. The van der Waals surface area contributed by atoms with Crippen molar-refractivity contribution in [3.63, 3.8) is 0 Å². The largest absolute Gasteiger partial charge is 0.282 e. The van der Waals surface area contributed by atoms with E-state index >= 15 is 0 Å². The SMILES string of the molecule is CS(=O)(=O)N1CCCC(c2cnc(-c3cnc4ncccn34)cn2)C1. The first kappa shape index (κ1) is 16.1. The molecule has 9 heteroatoms. The van der Waals surface area contributed by atoms with E-state index in [9.17, 15) is 8.42 Å². The first-order chi connectivity index (χ1) is 12.0. The number of rotatable bonds is 3. The lowest BCUT2D eigenvalue weighted by Gasteiger charge is -2.30. The summed E-state index contributed by atoms with van der Waals surface area (Å²) in [5, 5.41) is 0. The van der Waals surface area contributed by atoms with Gasteiger partial charge in [-0.3, -0.25) is 14.4 Å². The Bertz CT molecular complexity index is 999. The van der Waals surface area contributed by atoms with Crippen molar-refractivity contribution in [3.8, 4) is 11.4 Å². The topological polar surface area (TPSA) is 93.4 Å². The molecule has 1 saturated heterocycles. The fraction of sp³-hybridized carbons (Fsp3) is 0.375. The number of aromatic nitrogens is 5. The van der Waals surface area contributed by atoms with Crippen LogP contribution in [0.5, 0.6) is 0 Å². The van der Waals surface area contributed by atoms with Crippen LogP contribution in [0.15, 0.2) is 37.1 Å². The molecular weight excluding hydrogens is 340 g/mol. The smallest absolute Gasteiger partial charge is 0.234 e. The monoisotopic (exact) mass is 358 g/mol. The van der Waals surface area contributed by atoms with Gasteiger partial charge in [0.1, 0.15) is 5.69 Å². The van der Waals surface area contributed by atoms with E-state index in [-0.39, 0.29) is 5.92 Å². The molecule has 0 amide bonds. The fourth-order valence-electron chi connectivity index (χ4n) is 3.18. The van der Waals surface area contributed by atoms with Crippen LogP contribution in [0.4, 0.5) is 0 Å². The Morgan fingerprint density at radius 3 is 2.76 bits per heavy atom. The van der Waals surface area contributed by atoms with Crippen molar-refractivity contribution in [2.45, 2.75) is 18.8 Å². The van der Waals surface area contributed by atoms with E-state index < -0.39 is 10.0 Å². The minimum Gasteiger partial charge on any atom is -0.282 e. The number of fused-ring (bicyclic) bond motifs is 1. The molecule has 3 aromatic rings. The van der Waals surface area contributed by atoms with Crippen LogP contribution in [0.2, 0.25) is 0 Å². The molecule has 1 aliphatic rings. The van der Waals surface area contributed by atoms with Gasteiger partial charge in [0.25, 0.3) is 0 Å². The van der Waals surface area contributed by atoms with Crippen molar-refractivity contribution in [2.75, 3.05) is 19.3 Å². The minimum absolute atomic E-state index is 0.0777. The second-order valence-corrected chi connectivity index (χ2v) is 8.20. The van der Waals surface area contributed by atoms with Crippen molar-refractivity contribution in [3.05, 3.63) is 42.7 Å². The molecule has 0 saturated carbocycles. The Hall–Kier alpha value is -2.39. The summed E-state index contributed by atoms with van der Waals surface area (Å²) in [5.74, 6) is 0.688. The molecule has 0 bridgehead atoms. The van der Waals surface area contributed by atoms with Crippen molar-refractivity contribution < 1.29 is 8.42 Å². The number of piperidine rings is 1. The molecule has 0 aromatic carbocycles. The van der Waals surface area contributed by atoms with Crippen molar-refractivity contribution in [2.24, 2.45) is 0 Å². The number of imidazole rings is 1. The molecule has 1 aliphatic heterocycles. The number of hydrogen-bond acceptors (Lipinski definition) is 6. The van der Waals surface area contributed by atoms with Gasteiger partial charge in [0, 0.05) is 37.6 Å². The fourth-order valence-corrected chi connectivity index (χ4v) is 4.09. The molecule has 4 rings (SSSR count). The highest BCUT2D eigenvalue weighted by molar-refractivity contribution is 7.88. The number of sulfonamides is 1. The van der Waals surface area contributed by atoms with Gasteiger partial charge in [-0.1, -0.05) is 0 Å². The predicted molar refractivity (Wildman–Crippen MR) is 92.4 cm³/mol. The predicted octanol–water partition coefficient (Wildman–Crippen LogP) is 1.33. The maximum Gasteiger partial charge on any atom is 0.234 e. The first-order valence-electron chi connectivity index (χ1n) is 8.08. The first-order valence-corrected chi connectivity index (χ1v) is 9.93. The van der Waals surface area contributed by atoms with E-state index in [0.717, 1.165) is 24.2 Å². The summed E-state index contributed by atoms with van der Waals surface area (Å²) in [6, 6.07) is 1.84. The Balaban J connectivity index is 1.60. The quantitative estimate of drug-likeness (QED) is 0.701. The normalized spacial score (nSPS) is 19.3. The number of nitrogens with zero attached hydrogens (tertiary/aromatic N) is 6. The molecule has 0 radical (unpaired) electrons. The average molecular weight is 358 g/mol. The van der Waals surface area contributed by atoms with Crippen molar-refractivity contribution in [1.29, 1.82) is 0 Å². The van der Waals surface area contributed by atoms with Crippen LogP contribution in [0.3, 0.4) is 0 Å². The summed E-state index contributed by atoms with van der Waals surface area (Å²) in [5.41, 5.74) is 2.35. The molecule has 0 aliphatic carbocycles. The third-order valence-corrected chi connectivity index (χ3v) is 5.76. The van der Waals surface area contributed by atoms with Gasteiger partial charge in [-0.05, 0) is 18.9 Å². The van der Waals surface area contributed by atoms with E-state index in [1.807, 2.05) is 16.7 Å². The molecule has 0 spiro atoms. The molecular formula is C16H18N6O2S. The zero-order chi connectivity index (χ0) is 17.4. The maximum atomic E-state index is 11.8. The van der Waals surface area contributed by atoms with E-state index in [4.69, 9.17) is 0 Å². The van der Waals surface area contributed by atoms with E-state index in [0.29, 0.717) is 24.6 Å². The lowest BCUT2D eigenvalue weighted by Crippen LogP contribution is -2.38. The molecule has 4 heterocycles. The third kappa shape index (κ3) is 3.12. The van der Waals surface area contributed by atoms with Gasteiger partial charge in [-0.15, -0.1) is 0 Å². The van der Waals surface area contributed by atoms with Crippen LogP contribution in [-0.4, -0.2) is 56.4 Å². The third-order valence-electron chi connectivity index (χ3n) is 4.49. The molecule has 1 unspecified atom stereocenters. The molecule has 1 fully saturated rings. The molecule has 25 heavy (non-hydrogen) atoms. The van der Waals surface area contributed by atoms with Crippen LogP contribution in [0.1, 0.15) is 24.5 Å². The van der Waals surface area contributed by atoms with Gasteiger partial charge in [-0.25, -0.2) is 22.7 Å². The van der Waals surface area contributed by atoms with Gasteiger partial charge in [-0.2, -0.15) is 0 Å².